The van der Waals surface area contributed by atoms with E-state index < -0.39 is 0 Å². The molecule has 0 aromatic carbocycles. The van der Waals surface area contributed by atoms with E-state index in [0.717, 1.165) is 0 Å². The Labute approximate surface area is 65.2 Å². The van der Waals surface area contributed by atoms with E-state index in [1.54, 1.807) is 24.0 Å². The first kappa shape index (κ1) is 8.07. The molecule has 11 heavy (non-hydrogen) atoms. The van der Waals surface area contributed by atoms with Crippen LogP contribution in [0.3, 0.4) is 0 Å². The fourth-order valence-corrected chi connectivity index (χ4v) is 0.931. The molecule has 2 N–H and O–H groups in total. The van der Waals surface area contributed by atoms with Crippen LogP contribution in [0.25, 0.3) is 0 Å². The summed E-state index contributed by atoms with van der Waals surface area (Å²) in [6, 6.07) is 0.0868. The molecule has 1 heterocycles. The van der Waals surface area contributed by atoms with Gasteiger partial charge in [-0.3, -0.25) is 4.57 Å². The summed E-state index contributed by atoms with van der Waals surface area (Å²) < 4.78 is 3.16. The topological polar surface area (TPSA) is 52.9 Å². The molecule has 0 spiro atoms. The van der Waals surface area contributed by atoms with Gasteiger partial charge in [0.05, 0.1) is 0 Å². The Balaban J connectivity index is 3.05. The van der Waals surface area contributed by atoms with E-state index in [1.165, 1.54) is 4.57 Å². The molecule has 0 saturated carbocycles. The highest BCUT2D eigenvalue weighted by Crippen LogP contribution is 1.97. The van der Waals surface area contributed by atoms with Gasteiger partial charge in [0, 0.05) is 32.0 Å². The number of aryl methyl sites for hydroxylation is 1. The lowest BCUT2D eigenvalue weighted by Crippen LogP contribution is -2.28. The molecule has 1 atom stereocenters. The molecule has 0 fully saturated rings. The zero-order chi connectivity index (χ0) is 8.43. The highest BCUT2D eigenvalue weighted by Gasteiger charge is 2.05. The van der Waals surface area contributed by atoms with Crippen LogP contribution in [0.1, 0.15) is 13.0 Å². The third kappa shape index (κ3) is 1.35. The maximum Gasteiger partial charge on any atom is 0.328 e. The first-order valence-corrected chi connectivity index (χ1v) is 3.60. The van der Waals surface area contributed by atoms with Crippen molar-refractivity contribution in [3.8, 4) is 0 Å². The molecule has 1 unspecified atom stereocenters. The third-order valence-electron chi connectivity index (χ3n) is 1.79. The van der Waals surface area contributed by atoms with Crippen LogP contribution in [0.15, 0.2) is 17.2 Å². The van der Waals surface area contributed by atoms with Gasteiger partial charge in [0.15, 0.2) is 0 Å². The average Bonchev–Trinajstić information content (AvgIpc) is 2.32. The number of nitrogens with two attached hydrogens (primary N) is 1. The molecule has 0 bridgehead atoms. The maximum absolute atomic E-state index is 11.2. The lowest BCUT2D eigenvalue weighted by molar-refractivity contribution is 0.532. The number of hydrogen-bond donors (Lipinski definition) is 1. The minimum atomic E-state index is -0.0112. The summed E-state index contributed by atoms with van der Waals surface area (Å²) in [6.07, 6.45) is 3.48. The summed E-state index contributed by atoms with van der Waals surface area (Å²) in [4.78, 5) is 11.2. The highest BCUT2D eigenvalue weighted by molar-refractivity contribution is 4.83. The first-order chi connectivity index (χ1) is 5.16. The molecular weight excluding hydrogens is 142 g/mol. The van der Waals surface area contributed by atoms with Crippen molar-refractivity contribution >= 4 is 0 Å². The van der Waals surface area contributed by atoms with Crippen molar-refractivity contribution in [1.29, 1.82) is 0 Å². The Kier molecular flexibility index (Phi) is 2.14. The van der Waals surface area contributed by atoms with Crippen LogP contribution < -0.4 is 11.4 Å². The third-order valence-corrected chi connectivity index (χ3v) is 1.79. The molecule has 0 aliphatic rings. The smallest absolute Gasteiger partial charge is 0.328 e. The molecule has 0 aliphatic carbocycles. The molecule has 62 valence electrons. The Hall–Kier alpha value is -1.03. The first-order valence-electron chi connectivity index (χ1n) is 3.60. The Morgan fingerprint density at radius 3 is 2.64 bits per heavy atom. The largest absolute Gasteiger partial charge is 0.328 e. The lowest BCUT2D eigenvalue weighted by atomic mass is 10.3. The molecule has 0 amide bonds. The van der Waals surface area contributed by atoms with Gasteiger partial charge >= 0.3 is 5.69 Å². The van der Waals surface area contributed by atoms with Crippen molar-refractivity contribution in [2.45, 2.75) is 13.0 Å². The normalized spacial score (nSPS) is 13.4. The fourth-order valence-electron chi connectivity index (χ4n) is 0.931. The monoisotopic (exact) mass is 155 g/mol. The summed E-state index contributed by atoms with van der Waals surface area (Å²) >= 11 is 0. The van der Waals surface area contributed by atoms with E-state index in [-0.39, 0.29) is 11.7 Å². The van der Waals surface area contributed by atoms with Gasteiger partial charge in [-0.25, -0.2) is 4.79 Å². The van der Waals surface area contributed by atoms with E-state index in [9.17, 15) is 4.79 Å². The Bertz CT molecular complexity index is 286. The van der Waals surface area contributed by atoms with Gasteiger partial charge in [-0.2, -0.15) is 0 Å². The SMILES string of the molecule is CC(CN)n1ccn(C)c1=O. The van der Waals surface area contributed by atoms with Crippen LogP contribution >= 0.6 is 0 Å². The van der Waals surface area contributed by atoms with Gasteiger partial charge in [0.1, 0.15) is 0 Å². The molecule has 0 aliphatic heterocycles. The summed E-state index contributed by atoms with van der Waals surface area (Å²) in [7, 11) is 1.72. The zero-order valence-corrected chi connectivity index (χ0v) is 6.82. The van der Waals surface area contributed by atoms with Gasteiger partial charge in [0.2, 0.25) is 0 Å². The van der Waals surface area contributed by atoms with Crippen molar-refractivity contribution in [3.05, 3.63) is 22.9 Å². The van der Waals surface area contributed by atoms with Crippen LogP contribution in [0.2, 0.25) is 0 Å². The molecule has 4 nitrogen and oxygen atoms in total. The minimum Gasteiger partial charge on any atom is -0.328 e. The summed E-state index contributed by atoms with van der Waals surface area (Å²) in [5.41, 5.74) is 5.40. The van der Waals surface area contributed by atoms with Crippen LogP contribution in [0.5, 0.6) is 0 Å². The van der Waals surface area contributed by atoms with Crippen LogP contribution in [-0.2, 0) is 7.05 Å². The van der Waals surface area contributed by atoms with Gasteiger partial charge in [-0.05, 0) is 6.92 Å². The molecular formula is C7H13N3O. The molecule has 1 rings (SSSR count). The average molecular weight is 155 g/mol. The molecule has 1 aromatic rings. The Morgan fingerprint density at radius 2 is 2.27 bits per heavy atom. The van der Waals surface area contributed by atoms with Gasteiger partial charge in [-0.1, -0.05) is 0 Å². The van der Waals surface area contributed by atoms with E-state index in [0.29, 0.717) is 6.54 Å². The van der Waals surface area contributed by atoms with E-state index in [4.69, 9.17) is 5.73 Å². The van der Waals surface area contributed by atoms with Crippen molar-refractivity contribution < 1.29 is 0 Å². The van der Waals surface area contributed by atoms with Crippen LogP contribution in [0, 0.1) is 0 Å². The summed E-state index contributed by atoms with van der Waals surface area (Å²) in [5, 5.41) is 0. The zero-order valence-electron chi connectivity index (χ0n) is 6.82. The molecule has 0 saturated heterocycles. The number of nitrogens with zero attached hydrogens (tertiary/aromatic N) is 2. The van der Waals surface area contributed by atoms with E-state index in [1.807, 2.05) is 6.92 Å². The molecule has 4 heteroatoms. The molecule has 1 aromatic heterocycles. The van der Waals surface area contributed by atoms with Crippen LogP contribution in [0.4, 0.5) is 0 Å². The molecule has 0 radical (unpaired) electrons. The maximum atomic E-state index is 11.2. The number of rotatable bonds is 2. The van der Waals surface area contributed by atoms with Gasteiger partial charge < -0.3 is 10.3 Å². The summed E-state index contributed by atoms with van der Waals surface area (Å²) in [6.45, 7) is 2.41. The van der Waals surface area contributed by atoms with Crippen molar-refractivity contribution in [2.24, 2.45) is 12.8 Å². The second-order valence-corrected chi connectivity index (χ2v) is 2.68. The van der Waals surface area contributed by atoms with Crippen LogP contribution in [-0.4, -0.2) is 15.7 Å². The van der Waals surface area contributed by atoms with Gasteiger partial charge in [0.25, 0.3) is 0 Å². The van der Waals surface area contributed by atoms with E-state index >= 15 is 0 Å². The van der Waals surface area contributed by atoms with E-state index in [2.05, 4.69) is 0 Å². The fraction of sp³-hybridized carbons (Fsp3) is 0.571. The quantitative estimate of drug-likeness (QED) is 0.638. The predicted octanol–water partition coefficient (Wildman–Crippen LogP) is -0.294. The minimum absolute atomic E-state index is 0.0112. The van der Waals surface area contributed by atoms with Crippen molar-refractivity contribution in [3.63, 3.8) is 0 Å². The second kappa shape index (κ2) is 2.92. The lowest BCUT2D eigenvalue weighted by Gasteiger charge is -2.07. The number of aromatic nitrogens is 2. The van der Waals surface area contributed by atoms with Crippen molar-refractivity contribution in [1.82, 2.24) is 9.13 Å². The van der Waals surface area contributed by atoms with Crippen molar-refractivity contribution in [2.75, 3.05) is 6.54 Å². The summed E-state index contributed by atoms with van der Waals surface area (Å²) in [5.74, 6) is 0. The Morgan fingerprint density at radius 1 is 1.64 bits per heavy atom. The number of imidazole rings is 1. The standard InChI is InChI=1S/C7H13N3O/c1-6(5-8)10-4-3-9(2)7(10)11/h3-4,6H,5,8H2,1-2H3. The second-order valence-electron chi connectivity index (χ2n) is 2.68. The highest BCUT2D eigenvalue weighted by atomic mass is 16.1. The van der Waals surface area contributed by atoms with Gasteiger partial charge in [-0.15, -0.1) is 0 Å². The predicted molar refractivity (Wildman–Crippen MR) is 43.4 cm³/mol. The number of hydrogen-bond acceptors (Lipinski definition) is 2.